The van der Waals surface area contributed by atoms with Gasteiger partial charge in [0.05, 0.1) is 0 Å². The molecular formula is C26H31N3O3. The number of hydrogen-bond donors (Lipinski definition) is 3. The van der Waals surface area contributed by atoms with Crippen molar-refractivity contribution < 1.29 is 15.1 Å². The van der Waals surface area contributed by atoms with Crippen molar-refractivity contribution in [2.75, 3.05) is 19.7 Å². The molecule has 0 saturated heterocycles. The quantitative estimate of drug-likeness (QED) is 0.274. The normalized spacial score (nSPS) is 15.7. The molecule has 1 aliphatic carbocycles. The molecule has 2 aromatic carbocycles. The van der Waals surface area contributed by atoms with E-state index >= 15 is 0 Å². The Morgan fingerprint density at radius 3 is 2.91 bits per heavy atom. The molecule has 32 heavy (non-hydrogen) atoms. The highest BCUT2D eigenvalue weighted by atomic mass is 16.5. The van der Waals surface area contributed by atoms with E-state index in [1.54, 1.807) is 11.6 Å². The lowest BCUT2D eigenvalue weighted by Gasteiger charge is -2.29. The number of benzene rings is 2. The Morgan fingerprint density at radius 1 is 1.25 bits per heavy atom. The summed E-state index contributed by atoms with van der Waals surface area (Å²) in [6, 6.07) is 15.2. The van der Waals surface area contributed by atoms with Crippen LogP contribution < -0.4 is 5.48 Å². The van der Waals surface area contributed by atoms with Crippen LogP contribution in [0, 0.1) is 0 Å². The molecule has 1 atom stereocenters. The van der Waals surface area contributed by atoms with E-state index in [4.69, 9.17) is 5.21 Å². The summed E-state index contributed by atoms with van der Waals surface area (Å²) in [5.41, 5.74) is 7.82. The third kappa shape index (κ3) is 4.78. The van der Waals surface area contributed by atoms with Crippen LogP contribution in [0.25, 0.3) is 17.0 Å². The Labute approximate surface area is 188 Å². The molecule has 1 amide bonds. The van der Waals surface area contributed by atoms with Gasteiger partial charge >= 0.3 is 0 Å². The van der Waals surface area contributed by atoms with Gasteiger partial charge in [-0.15, -0.1) is 0 Å². The number of nitrogens with one attached hydrogen (secondary N) is 1. The van der Waals surface area contributed by atoms with Gasteiger partial charge in [-0.05, 0) is 60.1 Å². The lowest BCUT2D eigenvalue weighted by molar-refractivity contribution is -0.124. The zero-order valence-electron chi connectivity index (χ0n) is 18.5. The van der Waals surface area contributed by atoms with E-state index in [0.29, 0.717) is 6.04 Å². The Balaban J connectivity index is 1.52. The van der Waals surface area contributed by atoms with E-state index in [-0.39, 0.29) is 6.61 Å². The van der Waals surface area contributed by atoms with Crippen LogP contribution >= 0.6 is 0 Å². The molecule has 6 nitrogen and oxygen atoms in total. The molecule has 0 spiro atoms. The molecule has 0 fully saturated rings. The number of amides is 1. The second kappa shape index (κ2) is 10.1. The lowest BCUT2D eigenvalue weighted by atomic mass is 10.0. The van der Waals surface area contributed by atoms with Crippen molar-refractivity contribution in [3.8, 4) is 0 Å². The third-order valence-electron chi connectivity index (χ3n) is 6.44. The number of aliphatic hydroxyl groups is 1. The highest BCUT2D eigenvalue weighted by Gasteiger charge is 2.27. The third-order valence-corrected chi connectivity index (χ3v) is 6.44. The number of aliphatic hydroxyl groups excluding tert-OH is 1. The zero-order valence-corrected chi connectivity index (χ0v) is 18.5. The zero-order chi connectivity index (χ0) is 22.5. The maximum absolute atomic E-state index is 11.3. The highest BCUT2D eigenvalue weighted by Crippen LogP contribution is 2.37. The molecule has 0 aliphatic heterocycles. The van der Waals surface area contributed by atoms with Gasteiger partial charge in [0.15, 0.2) is 0 Å². The summed E-state index contributed by atoms with van der Waals surface area (Å²) in [6.45, 7) is 2.00. The standard InChI is InChI=1S/C26H31N3O3/c1-28-18-21(22-5-2-3-6-24(22)28)13-15-29(14-4-16-30)25-11-9-20-17-19(7-10-23(20)25)8-12-26(31)27-32/h2-3,5-8,10,12,17-18,25,30,32H,4,9,11,13-16H2,1H3,(H,27,31)/t25-/m0/s1. The summed E-state index contributed by atoms with van der Waals surface area (Å²) < 4.78 is 2.19. The van der Waals surface area contributed by atoms with Gasteiger partial charge in [0, 0.05) is 56.0 Å². The molecule has 1 heterocycles. The molecule has 0 saturated carbocycles. The average molecular weight is 434 g/mol. The largest absolute Gasteiger partial charge is 0.396 e. The summed E-state index contributed by atoms with van der Waals surface area (Å²) in [6.07, 6.45) is 9.06. The van der Waals surface area contributed by atoms with Gasteiger partial charge in [0.2, 0.25) is 0 Å². The molecule has 0 unspecified atom stereocenters. The molecule has 4 rings (SSSR count). The first kappa shape index (κ1) is 22.3. The molecule has 6 heteroatoms. The first-order valence-corrected chi connectivity index (χ1v) is 11.2. The summed E-state index contributed by atoms with van der Waals surface area (Å²) in [5, 5.41) is 19.4. The number of rotatable bonds is 9. The predicted molar refractivity (Wildman–Crippen MR) is 126 cm³/mol. The second-order valence-corrected chi connectivity index (χ2v) is 8.47. The summed E-state index contributed by atoms with van der Waals surface area (Å²) in [5.74, 6) is -0.535. The van der Waals surface area contributed by atoms with Crippen LogP contribution in [0.15, 0.2) is 54.7 Å². The van der Waals surface area contributed by atoms with Crippen LogP contribution in [0.3, 0.4) is 0 Å². The number of fused-ring (bicyclic) bond motifs is 2. The number of nitrogens with zero attached hydrogens (tertiary/aromatic N) is 2. The maximum atomic E-state index is 11.3. The Morgan fingerprint density at radius 2 is 2.09 bits per heavy atom. The van der Waals surface area contributed by atoms with Gasteiger partial charge in [-0.1, -0.05) is 36.4 Å². The monoisotopic (exact) mass is 433 g/mol. The van der Waals surface area contributed by atoms with Crippen molar-refractivity contribution in [3.05, 3.63) is 77.0 Å². The van der Waals surface area contributed by atoms with Crippen LogP contribution in [0.5, 0.6) is 0 Å². The highest BCUT2D eigenvalue weighted by molar-refractivity contribution is 5.90. The molecule has 168 valence electrons. The fourth-order valence-corrected chi connectivity index (χ4v) is 4.89. The maximum Gasteiger partial charge on any atom is 0.267 e. The first-order valence-electron chi connectivity index (χ1n) is 11.2. The fourth-order valence-electron chi connectivity index (χ4n) is 4.89. The van der Waals surface area contributed by atoms with Gasteiger partial charge in [-0.3, -0.25) is 14.9 Å². The number of hydrogen-bond acceptors (Lipinski definition) is 4. The van der Waals surface area contributed by atoms with Gasteiger partial charge in [0.25, 0.3) is 5.91 Å². The van der Waals surface area contributed by atoms with Crippen LogP contribution in [-0.4, -0.2) is 45.4 Å². The van der Waals surface area contributed by atoms with Crippen molar-refractivity contribution in [1.29, 1.82) is 0 Å². The topological polar surface area (TPSA) is 77.7 Å². The minimum Gasteiger partial charge on any atom is -0.396 e. The van der Waals surface area contributed by atoms with Crippen molar-refractivity contribution in [3.63, 3.8) is 0 Å². The fraction of sp³-hybridized carbons (Fsp3) is 0.346. The van der Waals surface area contributed by atoms with Gasteiger partial charge in [-0.25, -0.2) is 5.48 Å². The van der Waals surface area contributed by atoms with Crippen LogP contribution in [0.1, 0.15) is 41.1 Å². The Hall–Kier alpha value is -2.93. The molecule has 0 bridgehead atoms. The molecule has 1 aromatic heterocycles. The summed E-state index contributed by atoms with van der Waals surface area (Å²) in [4.78, 5) is 13.8. The van der Waals surface area contributed by atoms with Crippen molar-refractivity contribution >= 4 is 22.9 Å². The minimum absolute atomic E-state index is 0.195. The van der Waals surface area contributed by atoms with E-state index in [2.05, 4.69) is 59.1 Å². The van der Waals surface area contributed by atoms with E-state index in [1.165, 1.54) is 33.7 Å². The first-order chi connectivity index (χ1) is 15.6. The van der Waals surface area contributed by atoms with Crippen molar-refractivity contribution in [2.24, 2.45) is 7.05 Å². The average Bonchev–Trinajstić information content (AvgIpc) is 3.38. The number of aryl methyl sites for hydroxylation is 2. The molecule has 1 aliphatic rings. The molecule has 0 radical (unpaired) electrons. The molecular weight excluding hydrogens is 402 g/mol. The number of carbonyl (C=O) groups excluding carboxylic acids is 1. The van der Waals surface area contributed by atoms with Crippen LogP contribution in [0.4, 0.5) is 0 Å². The molecule has 3 N–H and O–H groups in total. The number of aromatic nitrogens is 1. The van der Waals surface area contributed by atoms with E-state index in [0.717, 1.165) is 44.3 Å². The van der Waals surface area contributed by atoms with Crippen molar-refractivity contribution in [2.45, 2.75) is 31.7 Å². The van der Waals surface area contributed by atoms with Crippen LogP contribution in [-0.2, 0) is 24.7 Å². The van der Waals surface area contributed by atoms with Crippen LogP contribution in [0.2, 0.25) is 0 Å². The SMILES string of the molecule is Cn1cc(CCN(CCCO)[C@H]2CCc3cc(C=CC(=O)NO)ccc32)c2ccccc21. The smallest absolute Gasteiger partial charge is 0.267 e. The Bertz CT molecular complexity index is 1120. The van der Waals surface area contributed by atoms with Crippen molar-refractivity contribution in [1.82, 2.24) is 14.9 Å². The van der Waals surface area contributed by atoms with E-state index in [9.17, 15) is 9.90 Å². The lowest BCUT2D eigenvalue weighted by Crippen LogP contribution is -2.31. The number of carbonyl (C=O) groups is 1. The predicted octanol–water partition coefficient (Wildman–Crippen LogP) is 3.61. The van der Waals surface area contributed by atoms with E-state index in [1.807, 2.05) is 6.07 Å². The number of hydroxylamine groups is 1. The Kier molecular flexibility index (Phi) is 7.05. The number of para-hydroxylation sites is 1. The summed E-state index contributed by atoms with van der Waals surface area (Å²) >= 11 is 0. The molecule has 3 aromatic rings. The minimum atomic E-state index is -0.535. The van der Waals surface area contributed by atoms with Gasteiger partial charge < -0.3 is 9.67 Å². The van der Waals surface area contributed by atoms with Gasteiger partial charge in [-0.2, -0.15) is 0 Å². The van der Waals surface area contributed by atoms with Gasteiger partial charge in [0.1, 0.15) is 0 Å². The second-order valence-electron chi connectivity index (χ2n) is 8.47. The summed E-state index contributed by atoms with van der Waals surface area (Å²) in [7, 11) is 2.10. The van der Waals surface area contributed by atoms with E-state index < -0.39 is 5.91 Å².